The Morgan fingerprint density at radius 2 is 1.97 bits per heavy atom. The first-order valence-electron chi connectivity index (χ1n) is 13.5. The highest BCUT2D eigenvalue weighted by Crippen LogP contribution is 2.51. The summed E-state index contributed by atoms with van der Waals surface area (Å²) in [5.41, 5.74) is 0.0997. The van der Waals surface area contributed by atoms with Gasteiger partial charge in [0.1, 0.15) is 17.7 Å². The van der Waals surface area contributed by atoms with Gasteiger partial charge in [0.2, 0.25) is 0 Å². The number of aromatic amines is 1. The number of alkyl halides is 3. The Bertz CT molecular complexity index is 1540. The molecule has 208 valence electrons. The molecule has 0 bridgehead atoms. The second-order valence-corrected chi connectivity index (χ2v) is 11.3. The van der Waals surface area contributed by atoms with Gasteiger partial charge in [-0.15, -0.1) is 10.2 Å². The highest BCUT2D eigenvalue weighted by atomic mass is 19.4. The number of nitrogens with zero attached hydrogens (tertiary/aromatic N) is 5. The summed E-state index contributed by atoms with van der Waals surface area (Å²) >= 11 is 0. The molecule has 3 aromatic heterocycles. The molecule has 1 aromatic carbocycles. The van der Waals surface area contributed by atoms with Gasteiger partial charge in [-0.3, -0.25) is 14.3 Å². The van der Waals surface area contributed by atoms with Crippen LogP contribution in [0.25, 0.3) is 16.6 Å². The smallest absolute Gasteiger partial charge is 0.353 e. The summed E-state index contributed by atoms with van der Waals surface area (Å²) < 4.78 is 45.9. The average Bonchev–Trinajstić information content (AvgIpc) is 3.47. The maximum atomic E-state index is 14.3. The van der Waals surface area contributed by atoms with Gasteiger partial charge in [0.05, 0.1) is 11.0 Å². The summed E-state index contributed by atoms with van der Waals surface area (Å²) in [5, 5.41) is 8.33. The molecule has 5 rings (SSSR count). The van der Waals surface area contributed by atoms with Gasteiger partial charge >= 0.3 is 6.18 Å². The molecule has 0 amide bonds. The minimum Gasteiger partial charge on any atom is -0.353 e. The zero-order chi connectivity index (χ0) is 28.1. The van der Waals surface area contributed by atoms with E-state index in [0.29, 0.717) is 23.8 Å². The molecule has 1 aliphatic carbocycles. The van der Waals surface area contributed by atoms with Crippen LogP contribution in [0.15, 0.2) is 47.7 Å². The number of H-pyrrole nitrogens is 1. The van der Waals surface area contributed by atoms with E-state index in [0.717, 1.165) is 48.0 Å². The quantitative estimate of drug-likeness (QED) is 0.307. The Hall–Kier alpha value is -3.40. The Morgan fingerprint density at radius 1 is 1.23 bits per heavy atom. The molecular formula is C29H35F3N6O. The molecule has 0 aliphatic heterocycles. The number of aromatic nitrogens is 5. The Balaban J connectivity index is 1.64. The van der Waals surface area contributed by atoms with Gasteiger partial charge in [0.15, 0.2) is 0 Å². The summed E-state index contributed by atoms with van der Waals surface area (Å²) in [6.07, 6.45) is 0.566. The monoisotopic (exact) mass is 540 g/mol. The third-order valence-corrected chi connectivity index (χ3v) is 7.98. The van der Waals surface area contributed by atoms with Gasteiger partial charge in [0, 0.05) is 42.6 Å². The van der Waals surface area contributed by atoms with Gasteiger partial charge in [-0.25, -0.2) is 0 Å². The molecular weight excluding hydrogens is 505 g/mol. The number of halogens is 3. The van der Waals surface area contributed by atoms with Gasteiger partial charge in [0.25, 0.3) is 5.56 Å². The predicted molar refractivity (Wildman–Crippen MR) is 145 cm³/mol. The summed E-state index contributed by atoms with van der Waals surface area (Å²) in [7, 11) is 1.89. The summed E-state index contributed by atoms with van der Waals surface area (Å²) in [5.74, 6) is 1.28. The number of fused-ring (bicyclic) bond motifs is 1. The second-order valence-electron chi connectivity index (χ2n) is 11.3. The van der Waals surface area contributed by atoms with Gasteiger partial charge in [-0.2, -0.15) is 13.2 Å². The van der Waals surface area contributed by atoms with E-state index < -0.39 is 22.7 Å². The molecule has 7 nitrogen and oxygen atoms in total. The number of aryl methyl sites for hydroxylation is 1. The zero-order valence-corrected chi connectivity index (χ0v) is 23.0. The molecule has 1 fully saturated rings. The van der Waals surface area contributed by atoms with Crippen LogP contribution in [0.3, 0.4) is 0 Å². The second kappa shape index (κ2) is 9.97. The van der Waals surface area contributed by atoms with E-state index in [-0.39, 0.29) is 16.9 Å². The summed E-state index contributed by atoms with van der Waals surface area (Å²) in [6, 6.07) is 8.94. The molecule has 39 heavy (non-hydrogen) atoms. The maximum absolute atomic E-state index is 14.3. The van der Waals surface area contributed by atoms with Crippen LogP contribution in [0.5, 0.6) is 0 Å². The molecule has 0 saturated heterocycles. The highest BCUT2D eigenvalue weighted by molar-refractivity contribution is 5.84. The van der Waals surface area contributed by atoms with Crippen molar-refractivity contribution in [3.63, 3.8) is 0 Å². The normalized spacial score (nSPS) is 19.8. The molecule has 4 aromatic rings. The van der Waals surface area contributed by atoms with Crippen LogP contribution < -0.4 is 5.56 Å². The Labute approximate surface area is 225 Å². The van der Waals surface area contributed by atoms with E-state index in [2.05, 4.69) is 47.8 Å². The van der Waals surface area contributed by atoms with Gasteiger partial charge < -0.3 is 9.55 Å². The SMILES string of the molecule is CCCN(Cc1cc2c(C(F)(F)F)cn(-c3cccc(C4(c5nncn5C)CC(C)C4)c3)c(=O)c2[nH]1)C(C)C. The molecule has 0 atom stereocenters. The largest absolute Gasteiger partial charge is 0.418 e. The minimum atomic E-state index is -4.63. The number of hydrogen-bond donors (Lipinski definition) is 1. The van der Waals surface area contributed by atoms with Crippen molar-refractivity contribution in [2.45, 2.75) is 71.1 Å². The number of rotatable bonds is 8. The summed E-state index contributed by atoms with van der Waals surface area (Å²) in [4.78, 5) is 18.9. The van der Waals surface area contributed by atoms with Crippen LogP contribution in [0.1, 0.15) is 69.6 Å². The molecule has 1 N–H and O–H groups in total. The lowest BCUT2D eigenvalue weighted by atomic mass is 9.58. The maximum Gasteiger partial charge on any atom is 0.418 e. The van der Waals surface area contributed by atoms with Crippen molar-refractivity contribution in [1.82, 2.24) is 29.2 Å². The topological polar surface area (TPSA) is 71.7 Å². The molecule has 1 saturated carbocycles. The molecule has 1 aliphatic rings. The fraction of sp³-hybridized carbons (Fsp3) is 0.483. The van der Waals surface area contributed by atoms with Crippen molar-refractivity contribution in [3.05, 3.63) is 75.9 Å². The van der Waals surface area contributed by atoms with Crippen molar-refractivity contribution in [1.29, 1.82) is 0 Å². The van der Waals surface area contributed by atoms with Crippen molar-refractivity contribution in [2.75, 3.05) is 6.54 Å². The first kappa shape index (κ1) is 27.2. The van der Waals surface area contributed by atoms with Crippen LogP contribution in [0.2, 0.25) is 0 Å². The van der Waals surface area contributed by atoms with E-state index >= 15 is 0 Å². The van der Waals surface area contributed by atoms with Gasteiger partial charge in [-0.1, -0.05) is 26.0 Å². The standard InChI is InChI=1S/C29H35F3N6O/c1-6-10-37(18(2)3)15-21-12-23-24(29(30,31)32)16-38(26(39)25(23)34-21)22-9-7-8-20(11-22)28(13-19(4)14-28)27-35-33-17-36(27)5/h7-9,11-12,16-19,34H,6,10,13-15H2,1-5H3. The van der Waals surface area contributed by atoms with Crippen molar-refractivity contribution in [3.8, 4) is 5.69 Å². The highest BCUT2D eigenvalue weighted by Gasteiger charge is 2.48. The summed E-state index contributed by atoms with van der Waals surface area (Å²) in [6.45, 7) is 9.57. The zero-order valence-electron chi connectivity index (χ0n) is 23.0. The van der Waals surface area contributed by atoms with Gasteiger partial charge in [-0.05, 0) is 69.3 Å². The van der Waals surface area contributed by atoms with Crippen LogP contribution in [-0.2, 0) is 25.2 Å². The van der Waals surface area contributed by atoms with Crippen molar-refractivity contribution in [2.24, 2.45) is 13.0 Å². The third-order valence-electron chi connectivity index (χ3n) is 7.98. The van der Waals surface area contributed by atoms with Crippen LogP contribution in [0, 0.1) is 5.92 Å². The lowest BCUT2D eigenvalue weighted by molar-refractivity contribution is -0.136. The molecule has 0 unspecified atom stereocenters. The van der Waals surface area contributed by atoms with Crippen LogP contribution in [0.4, 0.5) is 13.2 Å². The van der Waals surface area contributed by atoms with E-state index in [1.807, 2.05) is 23.7 Å². The first-order valence-corrected chi connectivity index (χ1v) is 13.5. The number of pyridine rings is 1. The number of benzene rings is 1. The number of nitrogens with one attached hydrogen (secondary N) is 1. The minimum absolute atomic E-state index is 0.0364. The fourth-order valence-corrected chi connectivity index (χ4v) is 6.15. The molecule has 3 heterocycles. The third kappa shape index (κ3) is 4.79. The van der Waals surface area contributed by atoms with Crippen LogP contribution in [-0.4, -0.2) is 41.8 Å². The lowest BCUT2D eigenvalue weighted by Crippen LogP contribution is -2.43. The van der Waals surface area contributed by atoms with Crippen molar-refractivity contribution < 1.29 is 13.2 Å². The lowest BCUT2D eigenvalue weighted by Gasteiger charge is -2.46. The molecule has 0 spiro atoms. The van der Waals surface area contributed by atoms with E-state index in [9.17, 15) is 18.0 Å². The molecule has 10 heteroatoms. The Kier molecular flexibility index (Phi) is 6.95. The number of hydrogen-bond acceptors (Lipinski definition) is 4. The van der Waals surface area contributed by atoms with Crippen molar-refractivity contribution >= 4 is 10.9 Å². The average molecular weight is 541 g/mol. The molecule has 0 radical (unpaired) electrons. The predicted octanol–water partition coefficient (Wildman–Crippen LogP) is 5.80. The fourth-order valence-electron chi connectivity index (χ4n) is 6.15. The van der Waals surface area contributed by atoms with E-state index in [1.54, 1.807) is 18.5 Å². The van der Waals surface area contributed by atoms with E-state index in [4.69, 9.17) is 0 Å². The first-order chi connectivity index (χ1) is 18.4. The Morgan fingerprint density at radius 3 is 2.56 bits per heavy atom. The van der Waals surface area contributed by atoms with E-state index in [1.165, 1.54) is 6.07 Å². The van der Waals surface area contributed by atoms with Crippen LogP contribution >= 0.6 is 0 Å².